The Balaban J connectivity index is 2.03. The fourth-order valence-corrected chi connectivity index (χ4v) is 3.50. The van der Waals surface area contributed by atoms with Crippen molar-refractivity contribution in [2.24, 2.45) is 0 Å². The van der Waals surface area contributed by atoms with Crippen LogP contribution in [-0.2, 0) is 0 Å². The third-order valence-electron chi connectivity index (χ3n) is 3.71. The summed E-state index contributed by atoms with van der Waals surface area (Å²) in [5.74, 6) is 0.0247. The number of benzene rings is 1. The maximum Gasteiger partial charge on any atom is 0.267 e. The molecular formula is C18H14Cl2N2O2S. The summed E-state index contributed by atoms with van der Waals surface area (Å²) in [6.07, 6.45) is 0.309. The second kappa shape index (κ2) is 7.95. The largest absolute Gasteiger partial charge is 0.292 e. The van der Waals surface area contributed by atoms with Gasteiger partial charge in [-0.25, -0.2) is 4.68 Å². The number of Topliss-reactive ketones (excluding diaryl/α,β-unsaturated/α-hetero) is 1. The van der Waals surface area contributed by atoms with E-state index >= 15 is 0 Å². The molecule has 0 saturated heterocycles. The number of carbonyl (C=O) groups is 1. The zero-order valence-corrected chi connectivity index (χ0v) is 15.4. The predicted molar refractivity (Wildman–Crippen MR) is 102 cm³/mol. The van der Waals surface area contributed by atoms with Crippen LogP contribution in [-0.4, -0.2) is 21.4 Å². The minimum absolute atomic E-state index is 0.213. The number of carbonyl (C=O) groups excluding carboxylic acids is 1. The molecule has 0 spiro atoms. The van der Waals surface area contributed by atoms with Crippen molar-refractivity contribution < 1.29 is 4.79 Å². The second-order valence-corrected chi connectivity index (χ2v) is 7.11. The van der Waals surface area contributed by atoms with Crippen LogP contribution < -0.4 is 5.56 Å². The lowest BCUT2D eigenvalue weighted by Gasteiger charge is -2.17. The van der Waals surface area contributed by atoms with E-state index in [1.54, 1.807) is 30.3 Å². The summed E-state index contributed by atoms with van der Waals surface area (Å²) >= 11 is 13.3. The van der Waals surface area contributed by atoms with E-state index < -0.39 is 6.04 Å². The monoisotopic (exact) mass is 392 g/mol. The predicted octanol–water partition coefficient (Wildman–Crippen LogP) is 4.68. The minimum Gasteiger partial charge on any atom is -0.292 e. The van der Waals surface area contributed by atoms with Crippen molar-refractivity contribution in [3.63, 3.8) is 0 Å². The first-order chi connectivity index (χ1) is 12.1. The number of hydrogen-bond acceptors (Lipinski definition) is 4. The van der Waals surface area contributed by atoms with Crippen molar-refractivity contribution in [1.29, 1.82) is 0 Å². The van der Waals surface area contributed by atoms with Gasteiger partial charge in [0.15, 0.2) is 5.78 Å². The third kappa shape index (κ3) is 4.00. The summed E-state index contributed by atoms with van der Waals surface area (Å²) in [5, 5.41) is 6.88. The van der Waals surface area contributed by atoms with E-state index in [1.165, 1.54) is 22.1 Å². The van der Waals surface area contributed by atoms with E-state index in [-0.39, 0.29) is 17.2 Å². The first-order valence-electron chi connectivity index (χ1n) is 7.59. The first kappa shape index (κ1) is 17.9. The SMILES string of the molecule is O=C(c1ccc(Cl)cc1)C(CCCl)n1nc(-c2cccs2)ccc1=O. The molecule has 7 heteroatoms. The highest BCUT2D eigenvalue weighted by molar-refractivity contribution is 7.13. The molecule has 2 heterocycles. The van der Waals surface area contributed by atoms with Crippen LogP contribution in [0.4, 0.5) is 0 Å². The van der Waals surface area contributed by atoms with Crippen LogP contribution in [0.25, 0.3) is 10.6 Å². The maximum absolute atomic E-state index is 12.9. The molecule has 0 saturated carbocycles. The van der Waals surface area contributed by atoms with E-state index in [0.29, 0.717) is 22.7 Å². The summed E-state index contributed by atoms with van der Waals surface area (Å²) in [7, 11) is 0. The van der Waals surface area contributed by atoms with Crippen LogP contribution in [0.3, 0.4) is 0 Å². The van der Waals surface area contributed by atoms with E-state index in [1.807, 2.05) is 17.5 Å². The van der Waals surface area contributed by atoms with Gasteiger partial charge in [0, 0.05) is 22.5 Å². The van der Waals surface area contributed by atoms with Gasteiger partial charge in [0.25, 0.3) is 5.56 Å². The molecule has 0 aliphatic carbocycles. The van der Waals surface area contributed by atoms with E-state index in [2.05, 4.69) is 5.10 Å². The summed E-state index contributed by atoms with van der Waals surface area (Å²) in [4.78, 5) is 26.2. The van der Waals surface area contributed by atoms with Gasteiger partial charge >= 0.3 is 0 Å². The molecule has 3 aromatic rings. The van der Waals surface area contributed by atoms with Crippen molar-refractivity contribution >= 4 is 40.3 Å². The quantitative estimate of drug-likeness (QED) is 0.452. The number of rotatable bonds is 6. The van der Waals surface area contributed by atoms with Crippen molar-refractivity contribution in [1.82, 2.24) is 9.78 Å². The first-order valence-corrected chi connectivity index (χ1v) is 9.39. The summed E-state index contributed by atoms with van der Waals surface area (Å²) < 4.78 is 1.23. The molecule has 0 radical (unpaired) electrons. The molecule has 0 bridgehead atoms. The van der Waals surface area contributed by atoms with Gasteiger partial charge in [0.05, 0.1) is 4.88 Å². The maximum atomic E-state index is 12.9. The molecule has 1 atom stereocenters. The van der Waals surface area contributed by atoms with Crippen LogP contribution in [0, 0.1) is 0 Å². The molecular weight excluding hydrogens is 379 g/mol. The second-order valence-electron chi connectivity index (χ2n) is 5.34. The number of nitrogens with zero attached hydrogens (tertiary/aromatic N) is 2. The van der Waals surface area contributed by atoms with Crippen LogP contribution in [0.2, 0.25) is 5.02 Å². The standard InChI is InChI=1S/C18H14Cl2N2O2S/c19-10-9-15(18(24)12-3-5-13(20)6-4-12)22-17(23)8-7-14(21-22)16-2-1-11-25-16/h1-8,11,15H,9-10H2. The van der Waals surface area contributed by atoms with Crippen LogP contribution in [0.15, 0.2) is 58.7 Å². The molecule has 25 heavy (non-hydrogen) atoms. The third-order valence-corrected chi connectivity index (χ3v) is 5.07. The van der Waals surface area contributed by atoms with Gasteiger partial charge in [-0.3, -0.25) is 9.59 Å². The Kier molecular flexibility index (Phi) is 5.68. The highest BCUT2D eigenvalue weighted by Gasteiger charge is 2.24. The Bertz CT molecular complexity index is 921. The fraction of sp³-hybridized carbons (Fsp3) is 0.167. The molecule has 0 aliphatic heterocycles. The van der Waals surface area contributed by atoms with Gasteiger partial charge < -0.3 is 0 Å². The van der Waals surface area contributed by atoms with Gasteiger partial charge in [0.2, 0.25) is 0 Å². The lowest BCUT2D eigenvalue weighted by Crippen LogP contribution is -2.32. The Morgan fingerprint density at radius 3 is 2.56 bits per heavy atom. The summed E-state index contributed by atoms with van der Waals surface area (Å²) in [6, 6.07) is 12.7. The van der Waals surface area contributed by atoms with Gasteiger partial charge in [-0.1, -0.05) is 17.7 Å². The molecule has 2 aromatic heterocycles. The zero-order chi connectivity index (χ0) is 17.8. The lowest BCUT2D eigenvalue weighted by atomic mass is 10.0. The number of thiophene rings is 1. The molecule has 0 fully saturated rings. The van der Waals surface area contributed by atoms with Crippen molar-refractivity contribution in [2.45, 2.75) is 12.5 Å². The Labute approximate surface area is 158 Å². The number of ketones is 1. The average Bonchev–Trinajstić information content (AvgIpc) is 3.15. The highest BCUT2D eigenvalue weighted by atomic mass is 35.5. The smallest absolute Gasteiger partial charge is 0.267 e. The number of hydrogen-bond donors (Lipinski definition) is 0. The average molecular weight is 393 g/mol. The Hall–Kier alpha value is -1.95. The topological polar surface area (TPSA) is 52.0 Å². The molecule has 1 unspecified atom stereocenters. The van der Waals surface area contributed by atoms with Crippen LogP contribution >= 0.6 is 34.5 Å². The van der Waals surface area contributed by atoms with Gasteiger partial charge in [-0.15, -0.1) is 22.9 Å². The molecule has 4 nitrogen and oxygen atoms in total. The van der Waals surface area contributed by atoms with Gasteiger partial charge in [-0.05, 0) is 48.2 Å². The van der Waals surface area contributed by atoms with Crippen LogP contribution in [0.1, 0.15) is 22.8 Å². The summed E-state index contributed by atoms with van der Waals surface area (Å²) in [5.41, 5.74) is 0.783. The van der Waals surface area contributed by atoms with Crippen molar-refractivity contribution in [3.05, 3.63) is 74.9 Å². The summed E-state index contributed by atoms with van der Waals surface area (Å²) in [6.45, 7) is 0. The van der Waals surface area contributed by atoms with Gasteiger partial charge in [-0.2, -0.15) is 5.10 Å². The number of alkyl halides is 1. The highest BCUT2D eigenvalue weighted by Crippen LogP contribution is 2.23. The molecule has 0 N–H and O–H groups in total. The van der Waals surface area contributed by atoms with Crippen LogP contribution in [0.5, 0.6) is 0 Å². The Morgan fingerprint density at radius 1 is 1.16 bits per heavy atom. The normalized spacial score (nSPS) is 12.1. The lowest BCUT2D eigenvalue weighted by molar-refractivity contribution is 0.0911. The fourth-order valence-electron chi connectivity index (χ4n) is 2.48. The number of aromatic nitrogens is 2. The molecule has 128 valence electrons. The van der Waals surface area contributed by atoms with E-state index in [0.717, 1.165) is 4.88 Å². The number of halogens is 2. The minimum atomic E-state index is -0.758. The van der Waals surface area contributed by atoms with Gasteiger partial charge in [0.1, 0.15) is 11.7 Å². The van der Waals surface area contributed by atoms with E-state index in [9.17, 15) is 9.59 Å². The Morgan fingerprint density at radius 2 is 1.92 bits per heavy atom. The molecule has 0 aliphatic rings. The molecule has 1 aromatic carbocycles. The zero-order valence-electron chi connectivity index (χ0n) is 13.1. The van der Waals surface area contributed by atoms with E-state index in [4.69, 9.17) is 23.2 Å². The van der Waals surface area contributed by atoms with Crippen molar-refractivity contribution in [3.8, 4) is 10.6 Å². The molecule has 3 rings (SSSR count). The molecule has 0 amide bonds. The van der Waals surface area contributed by atoms with Crippen molar-refractivity contribution in [2.75, 3.05) is 5.88 Å².